The topological polar surface area (TPSA) is 0 Å². The number of aryl methyl sites for hydroxylation is 2. The van der Waals surface area contributed by atoms with Gasteiger partial charge in [-0.25, -0.2) is 0 Å². The van der Waals surface area contributed by atoms with Gasteiger partial charge in [-0.15, -0.1) is 0 Å². The zero-order valence-corrected chi connectivity index (χ0v) is 16.1. The van der Waals surface area contributed by atoms with Crippen molar-refractivity contribution in [2.45, 2.75) is 58.3 Å². The Morgan fingerprint density at radius 2 is 1.52 bits per heavy atom. The monoisotopic (exact) mass is 332 g/mol. The molecular formula is C25H32. The minimum absolute atomic E-state index is 0.117. The Balaban J connectivity index is 2.33. The van der Waals surface area contributed by atoms with Crippen LogP contribution in [0.25, 0.3) is 0 Å². The number of allylic oxidation sites excluding steroid dienone is 2. The van der Waals surface area contributed by atoms with E-state index in [-0.39, 0.29) is 5.41 Å². The summed E-state index contributed by atoms with van der Waals surface area (Å²) >= 11 is 0. The summed E-state index contributed by atoms with van der Waals surface area (Å²) in [5.74, 6) is 0. The summed E-state index contributed by atoms with van der Waals surface area (Å²) in [7, 11) is 0. The highest BCUT2D eigenvalue weighted by Gasteiger charge is 2.31. The molecule has 2 rings (SSSR count). The Hall–Kier alpha value is -2.08. The Morgan fingerprint density at radius 3 is 2.00 bits per heavy atom. The van der Waals surface area contributed by atoms with E-state index in [1.165, 1.54) is 35.1 Å². The van der Waals surface area contributed by atoms with Crippen molar-refractivity contribution in [1.82, 2.24) is 0 Å². The maximum atomic E-state index is 4.01. The van der Waals surface area contributed by atoms with Crippen molar-refractivity contribution in [2.75, 3.05) is 0 Å². The summed E-state index contributed by atoms with van der Waals surface area (Å²) < 4.78 is 0. The molecule has 0 radical (unpaired) electrons. The molecule has 0 aliphatic heterocycles. The summed E-state index contributed by atoms with van der Waals surface area (Å²) in [4.78, 5) is 0. The van der Waals surface area contributed by atoms with Crippen LogP contribution >= 0.6 is 0 Å². The van der Waals surface area contributed by atoms with Crippen LogP contribution in [0.1, 0.15) is 61.8 Å². The molecule has 0 saturated heterocycles. The predicted octanol–water partition coefficient (Wildman–Crippen LogP) is 7.17. The number of benzene rings is 2. The largest absolute Gasteiger partial charge is 0.0988 e. The fourth-order valence-electron chi connectivity index (χ4n) is 3.74. The van der Waals surface area contributed by atoms with Crippen LogP contribution in [-0.4, -0.2) is 0 Å². The standard InChI is InChI=1S/C25H32/c1-6-19-25(8-3,23-15-10-21(5)11-16-23)24-17-13-22(14-18-24)12-9-20(4)7-2/h7,10-11,13-18H,2,4,6,8-9,12,19H2,1,3,5H3. The summed E-state index contributed by atoms with van der Waals surface area (Å²) in [6.45, 7) is 14.6. The first-order chi connectivity index (χ1) is 12.1. The molecule has 0 bridgehead atoms. The van der Waals surface area contributed by atoms with Crippen LogP contribution in [0.5, 0.6) is 0 Å². The molecule has 25 heavy (non-hydrogen) atoms. The molecule has 132 valence electrons. The molecule has 0 fully saturated rings. The average Bonchev–Trinajstić information content (AvgIpc) is 2.65. The summed E-state index contributed by atoms with van der Waals surface area (Å²) in [6, 6.07) is 18.4. The summed E-state index contributed by atoms with van der Waals surface area (Å²) in [5.41, 5.74) is 6.80. The van der Waals surface area contributed by atoms with E-state index >= 15 is 0 Å². The molecule has 0 heteroatoms. The Bertz CT molecular complexity index is 688. The molecule has 0 N–H and O–H groups in total. The van der Waals surface area contributed by atoms with Crippen molar-refractivity contribution in [3.8, 4) is 0 Å². The van der Waals surface area contributed by atoms with E-state index < -0.39 is 0 Å². The van der Waals surface area contributed by atoms with Gasteiger partial charge < -0.3 is 0 Å². The summed E-state index contributed by atoms with van der Waals surface area (Å²) in [6.07, 6.45) is 7.35. The second-order valence-electron chi connectivity index (χ2n) is 7.11. The fraction of sp³-hybridized carbons (Fsp3) is 0.360. The third-order valence-electron chi connectivity index (χ3n) is 5.41. The molecule has 0 saturated carbocycles. The maximum Gasteiger partial charge on any atom is 0.0200 e. The molecule has 1 unspecified atom stereocenters. The van der Waals surface area contributed by atoms with Gasteiger partial charge in [0.15, 0.2) is 0 Å². The highest BCUT2D eigenvalue weighted by molar-refractivity contribution is 5.41. The van der Waals surface area contributed by atoms with E-state index in [1.807, 2.05) is 6.08 Å². The van der Waals surface area contributed by atoms with Gasteiger partial charge in [-0.2, -0.15) is 0 Å². The Kier molecular flexibility index (Phi) is 6.82. The van der Waals surface area contributed by atoms with Gasteiger partial charge in [-0.05, 0) is 49.3 Å². The highest BCUT2D eigenvalue weighted by Crippen LogP contribution is 2.40. The Labute approximate surface area is 154 Å². The van der Waals surface area contributed by atoms with Crippen molar-refractivity contribution < 1.29 is 0 Å². The van der Waals surface area contributed by atoms with E-state index in [2.05, 4.69) is 82.5 Å². The van der Waals surface area contributed by atoms with Gasteiger partial charge in [0.1, 0.15) is 0 Å². The van der Waals surface area contributed by atoms with E-state index in [1.54, 1.807) is 0 Å². The molecule has 0 heterocycles. The SMILES string of the molecule is C=CC(=C)CCc1ccc(C(CC)(CCC)c2ccc(C)cc2)cc1. The van der Waals surface area contributed by atoms with Gasteiger partial charge in [0.25, 0.3) is 0 Å². The van der Waals surface area contributed by atoms with Crippen molar-refractivity contribution in [1.29, 1.82) is 0 Å². The molecular weight excluding hydrogens is 300 g/mol. The normalized spacial score (nSPS) is 13.2. The molecule has 0 aliphatic rings. The van der Waals surface area contributed by atoms with Gasteiger partial charge in [-0.1, -0.05) is 99.2 Å². The molecule has 2 aromatic rings. The van der Waals surface area contributed by atoms with E-state index in [0.717, 1.165) is 24.8 Å². The van der Waals surface area contributed by atoms with Gasteiger partial charge >= 0.3 is 0 Å². The Morgan fingerprint density at radius 1 is 0.960 bits per heavy atom. The molecule has 1 atom stereocenters. The minimum atomic E-state index is 0.117. The first kappa shape index (κ1) is 19.2. The lowest BCUT2D eigenvalue weighted by Gasteiger charge is -2.34. The smallest absolute Gasteiger partial charge is 0.0200 e. The van der Waals surface area contributed by atoms with Crippen LogP contribution in [0.2, 0.25) is 0 Å². The number of hydrogen-bond donors (Lipinski definition) is 0. The van der Waals surface area contributed by atoms with E-state index in [0.29, 0.717) is 0 Å². The van der Waals surface area contributed by atoms with Crippen molar-refractivity contribution >= 4 is 0 Å². The average molecular weight is 333 g/mol. The molecule has 0 aliphatic carbocycles. The zero-order valence-electron chi connectivity index (χ0n) is 16.1. The molecule has 2 aromatic carbocycles. The zero-order chi connectivity index (χ0) is 18.3. The van der Waals surface area contributed by atoms with Crippen molar-refractivity contribution in [3.63, 3.8) is 0 Å². The lowest BCUT2D eigenvalue weighted by molar-refractivity contribution is 0.450. The molecule has 0 aromatic heterocycles. The van der Waals surface area contributed by atoms with E-state index in [4.69, 9.17) is 0 Å². The van der Waals surface area contributed by atoms with Crippen molar-refractivity contribution in [2.24, 2.45) is 0 Å². The first-order valence-electron chi connectivity index (χ1n) is 9.52. The van der Waals surface area contributed by atoms with Gasteiger partial charge in [-0.3, -0.25) is 0 Å². The van der Waals surface area contributed by atoms with E-state index in [9.17, 15) is 0 Å². The highest BCUT2D eigenvalue weighted by atomic mass is 14.3. The van der Waals surface area contributed by atoms with Crippen LogP contribution in [-0.2, 0) is 11.8 Å². The second-order valence-corrected chi connectivity index (χ2v) is 7.11. The number of hydrogen-bond acceptors (Lipinski definition) is 0. The number of rotatable bonds is 9. The molecule has 0 nitrogen and oxygen atoms in total. The third-order valence-corrected chi connectivity index (χ3v) is 5.41. The quantitative estimate of drug-likeness (QED) is 0.427. The fourth-order valence-corrected chi connectivity index (χ4v) is 3.74. The first-order valence-corrected chi connectivity index (χ1v) is 9.52. The third kappa shape index (κ3) is 4.51. The minimum Gasteiger partial charge on any atom is -0.0988 e. The lowest BCUT2D eigenvalue weighted by atomic mass is 9.69. The second kappa shape index (κ2) is 8.85. The molecule has 0 amide bonds. The van der Waals surface area contributed by atoms with Gasteiger partial charge in [0.05, 0.1) is 0 Å². The van der Waals surface area contributed by atoms with Crippen LogP contribution in [0.4, 0.5) is 0 Å². The van der Waals surface area contributed by atoms with Gasteiger partial charge in [0.2, 0.25) is 0 Å². The maximum absolute atomic E-state index is 4.01. The van der Waals surface area contributed by atoms with Gasteiger partial charge in [0, 0.05) is 5.41 Å². The molecule has 0 spiro atoms. The predicted molar refractivity (Wildman–Crippen MR) is 111 cm³/mol. The van der Waals surface area contributed by atoms with Crippen LogP contribution in [0, 0.1) is 6.92 Å². The summed E-state index contributed by atoms with van der Waals surface area (Å²) in [5, 5.41) is 0. The van der Waals surface area contributed by atoms with Crippen LogP contribution < -0.4 is 0 Å². The lowest BCUT2D eigenvalue weighted by Crippen LogP contribution is -2.26. The van der Waals surface area contributed by atoms with Crippen LogP contribution in [0.3, 0.4) is 0 Å². The van der Waals surface area contributed by atoms with Crippen molar-refractivity contribution in [3.05, 3.63) is 95.6 Å². The van der Waals surface area contributed by atoms with Crippen LogP contribution in [0.15, 0.2) is 73.3 Å².